The first-order valence-electron chi connectivity index (χ1n) is 8.24. The number of nitrogens with zero attached hydrogens (tertiary/aromatic N) is 4. The molecule has 5 nitrogen and oxygen atoms in total. The lowest BCUT2D eigenvalue weighted by atomic mass is 10.0. The van der Waals surface area contributed by atoms with E-state index in [4.69, 9.17) is 0 Å². The quantitative estimate of drug-likeness (QED) is 0.791. The Morgan fingerprint density at radius 3 is 2.88 bits per heavy atom. The number of H-pyrrole nitrogens is 1. The first-order chi connectivity index (χ1) is 11.8. The molecule has 0 spiro atoms. The van der Waals surface area contributed by atoms with Crippen LogP contribution in [0.25, 0.3) is 17.3 Å². The van der Waals surface area contributed by atoms with Gasteiger partial charge in [0.25, 0.3) is 0 Å². The summed E-state index contributed by atoms with van der Waals surface area (Å²) in [5.74, 6) is 0. The number of likely N-dealkylation sites (tertiary alicyclic amines) is 1. The molecule has 1 saturated heterocycles. The molecule has 4 heterocycles. The molecule has 0 radical (unpaired) electrons. The maximum atomic E-state index is 4.25. The van der Waals surface area contributed by atoms with Gasteiger partial charge in [0, 0.05) is 48.9 Å². The lowest BCUT2D eigenvalue weighted by Gasteiger charge is -2.28. The van der Waals surface area contributed by atoms with Gasteiger partial charge in [-0.05, 0) is 30.4 Å². The van der Waals surface area contributed by atoms with Crippen LogP contribution in [0, 0.1) is 0 Å². The van der Waals surface area contributed by atoms with Gasteiger partial charge < -0.3 is 0 Å². The molecule has 1 N–H and O–H groups in total. The van der Waals surface area contributed by atoms with Gasteiger partial charge in [-0.1, -0.05) is 11.6 Å². The van der Waals surface area contributed by atoms with Crippen LogP contribution < -0.4 is 0 Å². The summed E-state index contributed by atoms with van der Waals surface area (Å²) in [7, 11) is 1.94. The minimum absolute atomic E-state index is 0.938. The second-order valence-electron chi connectivity index (χ2n) is 6.27. The molecular weight excluding hydrogens is 318 g/mol. The van der Waals surface area contributed by atoms with Gasteiger partial charge in [0.2, 0.25) is 0 Å². The Hall–Kier alpha value is -2.18. The molecule has 3 aromatic heterocycles. The van der Waals surface area contributed by atoms with Crippen molar-refractivity contribution in [1.82, 2.24) is 24.9 Å². The van der Waals surface area contributed by atoms with E-state index in [2.05, 4.69) is 43.8 Å². The number of rotatable bonds is 4. The summed E-state index contributed by atoms with van der Waals surface area (Å²) in [6.45, 7) is 3.15. The molecule has 24 heavy (non-hydrogen) atoms. The Balaban J connectivity index is 1.40. The van der Waals surface area contributed by atoms with E-state index in [1.807, 2.05) is 41.7 Å². The normalized spacial score (nSPS) is 15.8. The molecule has 1 aliphatic rings. The molecule has 0 saturated carbocycles. The molecule has 0 bridgehead atoms. The third-order valence-corrected chi connectivity index (χ3v) is 5.31. The number of aryl methyl sites for hydroxylation is 1. The standard InChI is InChI=1S/C18H21N5S/c1-22-12-16(11-20-22)18-15(10-19-21-18)13-23-6-4-14(5-7-23)9-17-3-2-8-24-17/h2-3,8-12H,4-7,13H2,1H3,(H,19,21). The molecule has 0 aliphatic carbocycles. The summed E-state index contributed by atoms with van der Waals surface area (Å²) in [5, 5.41) is 13.8. The van der Waals surface area contributed by atoms with Gasteiger partial charge >= 0.3 is 0 Å². The molecule has 0 aromatic carbocycles. The first kappa shape index (κ1) is 15.4. The van der Waals surface area contributed by atoms with E-state index in [0.29, 0.717) is 0 Å². The van der Waals surface area contributed by atoms with Crippen molar-refractivity contribution in [3.8, 4) is 11.3 Å². The molecular formula is C18H21N5S. The average Bonchev–Trinajstić information content (AvgIpc) is 3.31. The Labute approximate surface area is 145 Å². The zero-order valence-corrected chi connectivity index (χ0v) is 14.6. The summed E-state index contributed by atoms with van der Waals surface area (Å²) in [6, 6.07) is 4.31. The summed E-state index contributed by atoms with van der Waals surface area (Å²) < 4.78 is 1.82. The van der Waals surface area contributed by atoms with Gasteiger partial charge in [-0.2, -0.15) is 10.2 Å². The van der Waals surface area contributed by atoms with Gasteiger partial charge in [0.1, 0.15) is 0 Å². The largest absolute Gasteiger partial charge is 0.298 e. The first-order valence-corrected chi connectivity index (χ1v) is 9.12. The monoisotopic (exact) mass is 339 g/mol. The molecule has 124 valence electrons. The van der Waals surface area contributed by atoms with E-state index in [-0.39, 0.29) is 0 Å². The minimum atomic E-state index is 0.938. The highest BCUT2D eigenvalue weighted by atomic mass is 32.1. The zero-order valence-electron chi connectivity index (χ0n) is 13.8. The number of aromatic amines is 1. The van der Waals surface area contributed by atoms with Crippen LogP contribution >= 0.6 is 11.3 Å². The third-order valence-electron chi connectivity index (χ3n) is 4.49. The van der Waals surface area contributed by atoms with Crippen LogP contribution in [-0.2, 0) is 13.6 Å². The van der Waals surface area contributed by atoms with E-state index in [1.165, 1.54) is 10.4 Å². The predicted molar refractivity (Wildman–Crippen MR) is 97.6 cm³/mol. The number of nitrogens with one attached hydrogen (secondary N) is 1. The van der Waals surface area contributed by atoms with Crippen molar-refractivity contribution in [2.45, 2.75) is 19.4 Å². The molecule has 0 atom stereocenters. The Kier molecular flexibility index (Phi) is 4.32. The predicted octanol–water partition coefficient (Wildman–Crippen LogP) is 3.55. The van der Waals surface area contributed by atoms with Gasteiger partial charge in [-0.3, -0.25) is 14.7 Å². The SMILES string of the molecule is Cn1cc(-c2[nH]ncc2CN2CCC(=Cc3cccs3)CC2)cn1. The zero-order chi connectivity index (χ0) is 16.4. The molecule has 3 aromatic rings. The van der Waals surface area contributed by atoms with Crippen molar-refractivity contribution >= 4 is 17.4 Å². The molecule has 1 fully saturated rings. The number of piperidine rings is 1. The van der Waals surface area contributed by atoms with Crippen molar-refractivity contribution in [3.63, 3.8) is 0 Å². The summed E-state index contributed by atoms with van der Waals surface area (Å²) in [5.41, 5.74) is 4.99. The van der Waals surface area contributed by atoms with Crippen LogP contribution in [0.2, 0.25) is 0 Å². The topological polar surface area (TPSA) is 49.7 Å². The highest BCUT2D eigenvalue weighted by Crippen LogP contribution is 2.25. The van der Waals surface area contributed by atoms with Crippen LogP contribution in [0.1, 0.15) is 23.3 Å². The molecule has 1 aliphatic heterocycles. The second-order valence-corrected chi connectivity index (χ2v) is 7.25. The number of thiophene rings is 1. The number of aromatic nitrogens is 4. The van der Waals surface area contributed by atoms with E-state index >= 15 is 0 Å². The van der Waals surface area contributed by atoms with Crippen molar-refractivity contribution in [2.75, 3.05) is 13.1 Å². The molecule has 4 rings (SSSR count). The van der Waals surface area contributed by atoms with Crippen LogP contribution in [0.3, 0.4) is 0 Å². The maximum absolute atomic E-state index is 4.25. The molecule has 6 heteroatoms. The van der Waals surface area contributed by atoms with E-state index in [0.717, 1.165) is 43.7 Å². The summed E-state index contributed by atoms with van der Waals surface area (Å²) in [6.07, 6.45) is 10.5. The fourth-order valence-corrected chi connectivity index (χ4v) is 3.90. The highest BCUT2D eigenvalue weighted by molar-refractivity contribution is 7.10. The van der Waals surface area contributed by atoms with Crippen molar-refractivity contribution in [3.05, 3.63) is 52.1 Å². The Morgan fingerprint density at radius 2 is 2.17 bits per heavy atom. The Bertz CT molecular complexity index is 817. The van der Waals surface area contributed by atoms with Crippen LogP contribution in [-0.4, -0.2) is 38.0 Å². The average molecular weight is 339 g/mol. The van der Waals surface area contributed by atoms with Gasteiger partial charge in [0.15, 0.2) is 0 Å². The van der Waals surface area contributed by atoms with Gasteiger partial charge in [-0.25, -0.2) is 0 Å². The van der Waals surface area contributed by atoms with Gasteiger partial charge in [0.05, 0.1) is 18.1 Å². The fourth-order valence-electron chi connectivity index (χ4n) is 3.19. The lowest BCUT2D eigenvalue weighted by Crippen LogP contribution is -2.30. The minimum Gasteiger partial charge on any atom is -0.298 e. The third kappa shape index (κ3) is 3.34. The van der Waals surface area contributed by atoms with Crippen LogP contribution in [0.15, 0.2) is 41.7 Å². The van der Waals surface area contributed by atoms with Crippen LogP contribution in [0.4, 0.5) is 0 Å². The number of hydrogen-bond donors (Lipinski definition) is 1. The molecule has 0 unspecified atom stereocenters. The van der Waals surface area contributed by atoms with Crippen LogP contribution in [0.5, 0.6) is 0 Å². The van der Waals surface area contributed by atoms with E-state index in [9.17, 15) is 0 Å². The summed E-state index contributed by atoms with van der Waals surface area (Å²) >= 11 is 1.81. The van der Waals surface area contributed by atoms with Crippen molar-refractivity contribution in [2.24, 2.45) is 7.05 Å². The fraction of sp³-hybridized carbons (Fsp3) is 0.333. The smallest absolute Gasteiger partial charge is 0.0726 e. The van der Waals surface area contributed by atoms with E-state index in [1.54, 1.807) is 5.57 Å². The summed E-state index contributed by atoms with van der Waals surface area (Å²) in [4.78, 5) is 3.88. The van der Waals surface area contributed by atoms with E-state index < -0.39 is 0 Å². The molecule has 0 amide bonds. The van der Waals surface area contributed by atoms with Crippen molar-refractivity contribution in [1.29, 1.82) is 0 Å². The van der Waals surface area contributed by atoms with Crippen molar-refractivity contribution < 1.29 is 0 Å². The lowest BCUT2D eigenvalue weighted by molar-refractivity contribution is 0.249. The van der Waals surface area contributed by atoms with Gasteiger partial charge in [-0.15, -0.1) is 11.3 Å². The maximum Gasteiger partial charge on any atom is 0.0726 e. The highest BCUT2D eigenvalue weighted by Gasteiger charge is 2.17. The second kappa shape index (κ2) is 6.75. The number of hydrogen-bond acceptors (Lipinski definition) is 4. The Morgan fingerprint density at radius 1 is 1.29 bits per heavy atom.